The van der Waals surface area contributed by atoms with E-state index in [9.17, 15) is 0 Å². The van der Waals surface area contributed by atoms with Gasteiger partial charge in [-0.3, -0.25) is 0 Å². The lowest BCUT2D eigenvalue weighted by Gasteiger charge is -2.01. The Hall–Kier alpha value is -1.38. The van der Waals surface area contributed by atoms with E-state index in [2.05, 4.69) is 34.0 Å². The molecule has 0 radical (unpaired) electrons. The van der Waals surface area contributed by atoms with Crippen LogP contribution in [-0.2, 0) is 6.54 Å². The number of rotatable bonds is 2. The molecule has 3 nitrogen and oxygen atoms in total. The average Bonchev–Trinajstić information content (AvgIpc) is 2.95. The van der Waals surface area contributed by atoms with E-state index in [0.717, 1.165) is 18.0 Å². The molecule has 0 bridgehead atoms. The molecule has 0 amide bonds. The molecule has 1 aliphatic rings. The molecule has 3 heteroatoms. The highest BCUT2D eigenvalue weighted by molar-refractivity contribution is 5.78. The summed E-state index contributed by atoms with van der Waals surface area (Å²) in [4.78, 5) is 0. The van der Waals surface area contributed by atoms with E-state index in [0.29, 0.717) is 0 Å². The Bertz CT molecular complexity index is 468. The minimum atomic E-state index is 0.901. The van der Waals surface area contributed by atoms with Crippen LogP contribution >= 0.6 is 0 Å². The van der Waals surface area contributed by atoms with E-state index >= 15 is 0 Å². The van der Waals surface area contributed by atoms with E-state index in [1.165, 1.54) is 23.9 Å². The standard InChI is InChI=1S/C11H13N3/c1-8-6-14(7-9-2-3-9)10-4-5-12-13-11(8)10/h4-6,9H,2-3,7H2,1H3. The molecule has 1 aliphatic carbocycles. The minimum Gasteiger partial charge on any atom is -0.346 e. The highest BCUT2D eigenvalue weighted by Crippen LogP contribution is 2.32. The summed E-state index contributed by atoms with van der Waals surface area (Å²) in [7, 11) is 0. The smallest absolute Gasteiger partial charge is 0.114 e. The summed E-state index contributed by atoms with van der Waals surface area (Å²) in [6.45, 7) is 3.25. The first kappa shape index (κ1) is 7.97. The van der Waals surface area contributed by atoms with Crippen LogP contribution < -0.4 is 0 Å². The Kier molecular flexibility index (Phi) is 1.60. The maximum absolute atomic E-state index is 4.16. The zero-order valence-corrected chi connectivity index (χ0v) is 8.27. The number of aryl methyl sites for hydroxylation is 1. The molecule has 2 heterocycles. The monoisotopic (exact) mass is 187 g/mol. The third-order valence-electron chi connectivity index (χ3n) is 2.88. The molecule has 0 aliphatic heterocycles. The summed E-state index contributed by atoms with van der Waals surface area (Å²) in [6.07, 6.45) is 6.73. The molecule has 0 N–H and O–H groups in total. The van der Waals surface area contributed by atoms with Gasteiger partial charge >= 0.3 is 0 Å². The van der Waals surface area contributed by atoms with Crippen molar-refractivity contribution in [3.8, 4) is 0 Å². The molecule has 2 aromatic rings. The van der Waals surface area contributed by atoms with Crippen molar-refractivity contribution in [2.24, 2.45) is 5.92 Å². The summed E-state index contributed by atoms with van der Waals surface area (Å²) in [5, 5.41) is 8.08. The van der Waals surface area contributed by atoms with Crippen LogP contribution in [0.1, 0.15) is 18.4 Å². The Balaban J connectivity index is 2.12. The van der Waals surface area contributed by atoms with Crippen LogP contribution in [0.15, 0.2) is 18.5 Å². The van der Waals surface area contributed by atoms with Crippen molar-refractivity contribution in [2.45, 2.75) is 26.3 Å². The summed E-state index contributed by atoms with van der Waals surface area (Å²) in [5.41, 5.74) is 3.51. The van der Waals surface area contributed by atoms with Gasteiger partial charge in [-0.1, -0.05) is 0 Å². The molecule has 3 rings (SSSR count). The second kappa shape index (κ2) is 2.80. The fourth-order valence-electron chi connectivity index (χ4n) is 1.93. The number of fused-ring (bicyclic) bond motifs is 1. The van der Waals surface area contributed by atoms with Gasteiger partial charge < -0.3 is 4.57 Å². The van der Waals surface area contributed by atoms with Crippen molar-refractivity contribution in [3.05, 3.63) is 24.0 Å². The van der Waals surface area contributed by atoms with Crippen LogP contribution in [0.2, 0.25) is 0 Å². The lowest BCUT2D eigenvalue weighted by atomic mass is 10.3. The van der Waals surface area contributed by atoms with E-state index in [-0.39, 0.29) is 0 Å². The van der Waals surface area contributed by atoms with Gasteiger partial charge in [0, 0.05) is 12.7 Å². The predicted octanol–water partition coefficient (Wildman–Crippen LogP) is 2.15. The van der Waals surface area contributed by atoms with Gasteiger partial charge in [-0.2, -0.15) is 5.10 Å². The molecule has 1 saturated carbocycles. The molecule has 14 heavy (non-hydrogen) atoms. The number of hydrogen-bond acceptors (Lipinski definition) is 2. The van der Waals surface area contributed by atoms with Crippen molar-refractivity contribution in [1.29, 1.82) is 0 Å². The lowest BCUT2D eigenvalue weighted by molar-refractivity contribution is 0.646. The fourth-order valence-corrected chi connectivity index (χ4v) is 1.93. The third kappa shape index (κ3) is 1.20. The van der Waals surface area contributed by atoms with Gasteiger partial charge in [0.1, 0.15) is 5.52 Å². The highest BCUT2D eigenvalue weighted by Gasteiger charge is 2.22. The van der Waals surface area contributed by atoms with Gasteiger partial charge in [0.25, 0.3) is 0 Å². The van der Waals surface area contributed by atoms with Crippen molar-refractivity contribution in [3.63, 3.8) is 0 Å². The van der Waals surface area contributed by atoms with Crippen LogP contribution in [-0.4, -0.2) is 14.8 Å². The minimum absolute atomic E-state index is 0.901. The number of aromatic nitrogens is 3. The van der Waals surface area contributed by atoms with Gasteiger partial charge in [-0.25, -0.2) is 0 Å². The van der Waals surface area contributed by atoms with E-state index in [1.807, 2.05) is 0 Å². The number of nitrogens with zero attached hydrogens (tertiary/aromatic N) is 3. The first-order valence-electron chi connectivity index (χ1n) is 5.12. The van der Waals surface area contributed by atoms with E-state index < -0.39 is 0 Å². The van der Waals surface area contributed by atoms with Crippen LogP contribution in [0.3, 0.4) is 0 Å². The van der Waals surface area contributed by atoms with Crippen molar-refractivity contribution in [2.75, 3.05) is 0 Å². The SMILES string of the molecule is Cc1cn(CC2CC2)c2ccnnc12. The summed E-state index contributed by atoms with van der Waals surface area (Å²) in [5.74, 6) is 0.901. The lowest BCUT2D eigenvalue weighted by Crippen LogP contribution is -1.97. The summed E-state index contributed by atoms with van der Waals surface area (Å²) in [6, 6.07) is 2.05. The summed E-state index contributed by atoms with van der Waals surface area (Å²) >= 11 is 0. The Morgan fingerprint density at radius 1 is 1.50 bits per heavy atom. The molecule has 0 saturated heterocycles. The second-order valence-electron chi connectivity index (χ2n) is 4.17. The average molecular weight is 187 g/mol. The Morgan fingerprint density at radius 2 is 2.36 bits per heavy atom. The number of hydrogen-bond donors (Lipinski definition) is 0. The van der Waals surface area contributed by atoms with Gasteiger partial charge in [-0.15, -0.1) is 5.10 Å². The topological polar surface area (TPSA) is 30.7 Å². The first-order chi connectivity index (χ1) is 6.84. The highest BCUT2D eigenvalue weighted by atomic mass is 15.1. The quantitative estimate of drug-likeness (QED) is 0.721. The predicted molar refractivity (Wildman–Crippen MR) is 55.0 cm³/mol. The molecule has 1 fully saturated rings. The van der Waals surface area contributed by atoms with E-state index in [1.54, 1.807) is 6.20 Å². The Labute approximate surface area is 82.8 Å². The second-order valence-corrected chi connectivity index (χ2v) is 4.17. The molecule has 0 aromatic carbocycles. The first-order valence-corrected chi connectivity index (χ1v) is 5.12. The summed E-state index contributed by atoms with van der Waals surface area (Å²) < 4.78 is 2.32. The van der Waals surface area contributed by atoms with Crippen molar-refractivity contribution in [1.82, 2.24) is 14.8 Å². The van der Waals surface area contributed by atoms with Gasteiger partial charge in [-0.05, 0) is 37.3 Å². The molecule has 0 atom stereocenters. The maximum atomic E-state index is 4.16. The molecule has 0 unspecified atom stereocenters. The van der Waals surface area contributed by atoms with Crippen molar-refractivity contribution < 1.29 is 0 Å². The molecular weight excluding hydrogens is 174 g/mol. The Morgan fingerprint density at radius 3 is 3.14 bits per heavy atom. The van der Waals surface area contributed by atoms with Crippen LogP contribution in [0.4, 0.5) is 0 Å². The van der Waals surface area contributed by atoms with Crippen LogP contribution in [0, 0.1) is 12.8 Å². The fraction of sp³-hybridized carbons (Fsp3) is 0.455. The molecule has 72 valence electrons. The zero-order valence-electron chi connectivity index (χ0n) is 8.27. The molecule has 0 spiro atoms. The molecular formula is C11H13N3. The molecule has 2 aromatic heterocycles. The van der Waals surface area contributed by atoms with Crippen molar-refractivity contribution >= 4 is 11.0 Å². The zero-order chi connectivity index (χ0) is 9.54. The third-order valence-corrected chi connectivity index (χ3v) is 2.88. The normalized spacial score (nSPS) is 16.4. The van der Waals surface area contributed by atoms with Gasteiger partial charge in [0.15, 0.2) is 0 Å². The van der Waals surface area contributed by atoms with E-state index in [4.69, 9.17) is 0 Å². The van der Waals surface area contributed by atoms with Crippen LogP contribution in [0.25, 0.3) is 11.0 Å². The van der Waals surface area contributed by atoms with Gasteiger partial charge in [0.2, 0.25) is 0 Å². The largest absolute Gasteiger partial charge is 0.346 e. The van der Waals surface area contributed by atoms with Crippen LogP contribution in [0.5, 0.6) is 0 Å². The maximum Gasteiger partial charge on any atom is 0.114 e. The van der Waals surface area contributed by atoms with Gasteiger partial charge in [0.05, 0.1) is 11.7 Å².